The second kappa shape index (κ2) is 9.23. The predicted octanol–water partition coefficient (Wildman–Crippen LogP) is 3.04. The van der Waals surface area contributed by atoms with E-state index in [-0.39, 0.29) is 18.8 Å². The van der Waals surface area contributed by atoms with Crippen LogP contribution < -0.4 is 16.0 Å². The van der Waals surface area contributed by atoms with Crippen molar-refractivity contribution in [3.05, 3.63) is 72.0 Å². The molecule has 0 aliphatic rings. The number of nitrogens with zero attached hydrogens (tertiary/aromatic N) is 1. The van der Waals surface area contributed by atoms with Crippen LogP contribution in [0.2, 0.25) is 0 Å². The summed E-state index contributed by atoms with van der Waals surface area (Å²) in [5.74, 6) is -1.30. The van der Waals surface area contributed by atoms with Crippen molar-refractivity contribution in [3.8, 4) is 11.3 Å². The SMILES string of the molecule is O=C(CNC(=O)c1ccco1)NCC(=O)Nc1nc(-c2ccc3ccccc3c2)cs1. The van der Waals surface area contributed by atoms with Crippen LogP contribution in [-0.4, -0.2) is 35.8 Å². The maximum absolute atomic E-state index is 12.1. The topological polar surface area (TPSA) is 113 Å². The van der Waals surface area contributed by atoms with E-state index < -0.39 is 17.7 Å². The highest BCUT2D eigenvalue weighted by molar-refractivity contribution is 7.14. The fraction of sp³-hybridized carbons (Fsp3) is 0.0909. The van der Waals surface area contributed by atoms with Crippen molar-refractivity contribution in [1.29, 1.82) is 0 Å². The monoisotopic (exact) mass is 434 g/mol. The van der Waals surface area contributed by atoms with Gasteiger partial charge in [-0.15, -0.1) is 11.3 Å². The van der Waals surface area contributed by atoms with Crippen molar-refractivity contribution in [2.75, 3.05) is 18.4 Å². The van der Waals surface area contributed by atoms with Crippen molar-refractivity contribution < 1.29 is 18.8 Å². The number of nitrogens with one attached hydrogen (secondary N) is 3. The first-order chi connectivity index (χ1) is 15.1. The number of amides is 3. The molecule has 4 rings (SSSR count). The van der Waals surface area contributed by atoms with Gasteiger partial charge < -0.3 is 20.4 Å². The molecule has 0 fully saturated rings. The molecule has 0 aliphatic heterocycles. The van der Waals surface area contributed by atoms with E-state index in [0.717, 1.165) is 22.0 Å². The summed E-state index contributed by atoms with van der Waals surface area (Å²) in [5.41, 5.74) is 1.71. The number of hydrogen-bond donors (Lipinski definition) is 3. The summed E-state index contributed by atoms with van der Waals surface area (Å²) >= 11 is 1.30. The maximum atomic E-state index is 12.1. The molecule has 0 aliphatic carbocycles. The van der Waals surface area contributed by atoms with E-state index in [1.165, 1.54) is 23.7 Å². The molecule has 0 atom stereocenters. The molecule has 2 heterocycles. The highest BCUT2D eigenvalue weighted by Gasteiger charge is 2.12. The van der Waals surface area contributed by atoms with Crippen LogP contribution in [0.15, 0.2) is 70.7 Å². The largest absolute Gasteiger partial charge is 0.459 e. The molecular formula is C22H18N4O4S. The van der Waals surface area contributed by atoms with Gasteiger partial charge in [0.1, 0.15) is 0 Å². The third-order valence-electron chi connectivity index (χ3n) is 4.40. The highest BCUT2D eigenvalue weighted by atomic mass is 32.1. The molecule has 2 aromatic carbocycles. The predicted molar refractivity (Wildman–Crippen MR) is 118 cm³/mol. The number of aromatic nitrogens is 1. The average Bonchev–Trinajstić information content (AvgIpc) is 3.48. The van der Waals surface area contributed by atoms with Crippen molar-refractivity contribution in [2.24, 2.45) is 0 Å². The second-order valence-electron chi connectivity index (χ2n) is 6.58. The molecule has 0 unspecified atom stereocenters. The first-order valence-corrected chi connectivity index (χ1v) is 10.3. The van der Waals surface area contributed by atoms with Gasteiger partial charge in [0.15, 0.2) is 10.9 Å². The highest BCUT2D eigenvalue weighted by Crippen LogP contribution is 2.27. The lowest BCUT2D eigenvalue weighted by atomic mass is 10.1. The summed E-state index contributed by atoms with van der Waals surface area (Å²) in [6.45, 7) is -0.503. The zero-order valence-electron chi connectivity index (χ0n) is 16.3. The lowest BCUT2D eigenvalue weighted by Gasteiger charge is -2.06. The van der Waals surface area contributed by atoms with Crippen LogP contribution in [0.4, 0.5) is 5.13 Å². The van der Waals surface area contributed by atoms with Gasteiger partial charge in [-0.1, -0.05) is 36.4 Å². The quantitative estimate of drug-likeness (QED) is 0.414. The van der Waals surface area contributed by atoms with E-state index in [9.17, 15) is 14.4 Å². The summed E-state index contributed by atoms with van der Waals surface area (Å²) in [5, 5.41) is 12.1. The smallest absolute Gasteiger partial charge is 0.287 e. The molecule has 2 aromatic heterocycles. The van der Waals surface area contributed by atoms with E-state index in [2.05, 4.69) is 20.9 Å². The van der Waals surface area contributed by atoms with E-state index in [4.69, 9.17) is 4.42 Å². The molecule has 3 amide bonds. The van der Waals surface area contributed by atoms with Gasteiger partial charge in [0.25, 0.3) is 5.91 Å². The minimum Gasteiger partial charge on any atom is -0.459 e. The molecule has 0 radical (unpaired) electrons. The van der Waals surface area contributed by atoms with Crippen LogP contribution in [0.25, 0.3) is 22.0 Å². The van der Waals surface area contributed by atoms with E-state index >= 15 is 0 Å². The molecule has 4 aromatic rings. The molecule has 0 saturated heterocycles. The lowest BCUT2D eigenvalue weighted by Crippen LogP contribution is -2.40. The van der Waals surface area contributed by atoms with Crippen LogP contribution in [0.5, 0.6) is 0 Å². The molecule has 156 valence electrons. The molecule has 9 heteroatoms. The normalized spacial score (nSPS) is 10.6. The van der Waals surface area contributed by atoms with Gasteiger partial charge in [-0.2, -0.15) is 0 Å². The number of hydrogen-bond acceptors (Lipinski definition) is 6. The standard InChI is InChI=1S/C22H18N4O4S/c27-19(11-24-21(29)18-6-3-9-30-18)23-12-20(28)26-22-25-17(13-31-22)16-8-7-14-4-1-2-5-15(14)10-16/h1-10,13H,11-12H2,(H,23,27)(H,24,29)(H,25,26,28). The fourth-order valence-corrected chi connectivity index (χ4v) is 3.61. The Kier molecular flexibility index (Phi) is 6.04. The minimum atomic E-state index is -0.506. The summed E-state index contributed by atoms with van der Waals surface area (Å²) in [6.07, 6.45) is 1.36. The summed E-state index contributed by atoms with van der Waals surface area (Å²) in [6, 6.07) is 17.2. The first kappa shape index (κ1) is 20.3. The van der Waals surface area contributed by atoms with Crippen molar-refractivity contribution in [3.63, 3.8) is 0 Å². The van der Waals surface area contributed by atoms with Crippen LogP contribution in [-0.2, 0) is 9.59 Å². The Morgan fingerprint density at radius 3 is 2.52 bits per heavy atom. The molecular weight excluding hydrogens is 416 g/mol. The molecule has 3 N–H and O–H groups in total. The average molecular weight is 434 g/mol. The Morgan fingerprint density at radius 1 is 0.903 bits per heavy atom. The van der Waals surface area contributed by atoms with Crippen LogP contribution in [0, 0.1) is 0 Å². The molecule has 8 nitrogen and oxygen atoms in total. The number of fused-ring (bicyclic) bond motifs is 1. The van der Waals surface area contributed by atoms with E-state index in [1.54, 1.807) is 6.07 Å². The van der Waals surface area contributed by atoms with Gasteiger partial charge in [-0.25, -0.2) is 4.98 Å². The number of thiazole rings is 1. The second-order valence-corrected chi connectivity index (χ2v) is 7.44. The zero-order valence-corrected chi connectivity index (χ0v) is 17.1. The summed E-state index contributed by atoms with van der Waals surface area (Å²) < 4.78 is 4.93. The molecule has 0 spiro atoms. The zero-order chi connectivity index (χ0) is 21.6. The molecule has 0 saturated carbocycles. The van der Waals surface area contributed by atoms with Crippen molar-refractivity contribution >= 4 is 45.0 Å². The number of carbonyl (C=O) groups is 3. The number of carbonyl (C=O) groups excluding carboxylic acids is 3. The van der Waals surface area contributed by atoms with Gasteiger partial charge in [0.05, 0.1) is 25.0 Å². The maximum Gasteiger partial charge on any atom is 0.287 e. The van der Waals surface area contributed by atoms with Crippen LogP contribution in [0.1, 0.15) is 10.6 Å². The van der Waals surface area contributed by atoms with Gasteiger partial charge >= 0.3 is 0 Å². The first-order valence-electron chi connectivity index (χ1n) is 9.41. The summed E-state index contributed by atoms with van der Waals surface area (Å²) in [7, 11) is 0. The van der Waals surface area contributed by atoms with E-state index in [0.29, 0.717) is 5.13 Å². The van der Waals surface area contributed by atoms with Gasteiger partial charge in [-0.05, 0) is 29.0 Å². The number of anilines is 1. The fourth-order valence-electron chi connectivity index (χ4n) is 2.87. The van der Waals surface area contributed by atoms with Crippen molar-refractivity contribution in [1.82, 2.24) is 15.6 Å². The third kappa shape index (κ3) is 5.14. The van der Waals surface area contributed by atoms with Crippen LogP contribution >= 0.6 is 11.3 Å². The Labute approximate surface area is 181 Å². The Balaban J connectivity index is 1.26. The van der Waals surface area contributed by atoms with Gasteiger partial charge in [0, 0.05) is 10.9 Å². The molecule has 0 bridgehead atoms. The van der Waals surface area contributed by atoms with Gasteiger partial charge in [0.2, 0.25) is 11.8 Å². The lowest BCUT2D eigenvalue weighted by molar-refractivity contribution is -0.123. The number of rotatable bonds is 7. The van der Waals surface area contributed by atoms with Gasteiger partial charge in [-0.3, -0.25) is 14.4 Å². The van der Waals surface area contributed by atoms with E-state index in [1.807, 2.05) is 47.8 Å². The summed E-state index contributed by atoms with van der Waals surface area (Å²) in [4.78, 5) is 40.1. The van der Waals surface area contributed by atoms with Crippen LogP contribution in [0.3, 0.4) is 0 Å². The number of benzene rings is 2. The third-order valence-corrected chi connectivity index (χ3v) is 5.15. The molecule has 31 heavy (non-hydrogen) atoms. The Morgan fingerprint density at radius 2 is 1.71 bits per heavy atom. The Bertz CT molecular complexity index is 1230. The Hall–Kier alpha value is -3.98. The van der Waals surface area contributed by atoms with Crippen molar-refractivity contribution in [2.45, 2.75) is 0 Å². The number of furan rings is 1. The minimum absolute atomic E-state index is 0.108.